The van der Waals surface area contributed by atoms with Crippen molar-refractivity contribution in [3.8, 4) is 0 Å². The predicted molar refractivity (Wildman–Crippen MR) is 92.5 cm³/mol. The molecular formula is C16H24Cl2F4N2. The molecule has 0 saturated carbocycles. The van der Waals surface area contributed by atoms with E-state index in [1.807, 2.05) is 13.8 Å². The number of hydrogen-bond donors (Lipinski definition) is 1. The van der Waals surface area contributed by atoms with Crippen LogP contribution in [0.25, 0.3) is 0 Å². The van der Waals surface area contributed by atoms with E-state index in [0.29, 0.717) is 19.2 Å². The Balaban J connectivity index is 0.00000264. The molecule has 1 N–H and O–H groups in total. The lowest BCUT2D eigenvalue weighted by Crippen LogP contribution is -2.47. The van der Waals surface area contributed by atoms with E-state index in [1.54, 1.807) is 0 Å². The molecule has 0 amide bonds. The minimum Gasteiger partial charge on any atom is -0.314 e. The van der Waals surface area contributed by atoms with Crippen LogP contribution in [0, 0.1) is 11.7 Å². The molecule has 1 aliphatic rings. The maximum absolute atomic E-state index is 13.3. The molecule has 2 nitrogen and oxygen atoms in total. The van der Waals surface area contributed by atoms with Crippen LogP contribution in [-0.2, 0) is 6.18 Å². The molecule has 0 radical (unpaired) electrons. The standard InChI is InChI=1S/C16H22F4N2.2ClH/c1-3-11(2)15(22-8-6-21-7-9-22)13-5-4-12(17)10-14(13)16(18,19)20;;/h4-5,10-11,15,21H,3,6-9H2,1-2H3;2*1H/t11?,15-;;/m0../s1. The fraction of sp³-hybridized carbons (Fsp3) is 0.625. The van der Waals surface area contributed by atoms with Crippen molar-refractivity contribution < 1.29 is 17.6 Å². The molecule has 8 heteroatoms. The van der Waals surface area contributed by atoms with Gasteiger partial charge in [0.15, 0.2) is 0 Å². The van der Waals surface area contributed by atoms with Crippen LogP contribution in [0.15, 0.2) is 18.2 Å². The first kappa shape index (κ1) is 23.4. The Kier molecular flexibility index (Phi) is 9.57. The number of benzene rings is 1. The minimum atomic E-state index is -4.54. The second kappa shape index (κ2) is 9.80. The van der Waals surface area contributed by atoms with E-state index < -0.39 is 17.6 Å². The normalized spacial score (nSPS) is 18.2. The van der Waals surface area contributed by atoms with Crippen LogP contribution in [0.3, 0.4) is 0 Å². The number of halogens is 6. The highest BCUT2D eigenvalue weighted by molar-refractivity contribution is 5.85. The summed E-state index contributed by atoms with van der Waals surface area (Å²) in [5, 5.41) is 3.21. The summed E-state index contributed by atoms with van der Waals surface area (Å²) in [6, 6.07) is 2.70. The zero-order valence-electron chi connectivity index (χ0n) is 13.7. The van der Waals surface area contributed by atoms with Gasteiger partial charge in [0.05, 0.1) is 5.56 Å². The van der Waals surface area contributed by atoms with Gasteiger partial charge in [0, 0.05) is 32.2 Å². The van der Waals surface area contributed by atoms with Crippen molar-refractivity contribution in [1.29, 1.82) is 0 Å². The van der Waals surface area contributed by atoms with Crippen molar-refractivity contribution >= 4 is 24.8 Å². The molecule has 1 aromatic carbocycles. The molecular weight excluding hydrogens is 367 g/mol. The van der Waals surface area contributed by atoms with E-state index in [9.17, 15) is 17.6 Å². The molecule has 2 atom stereocenters. The van der Waals surface area contributed by atoms with Gasteiger partial charge in [-0.3, -0.25) is 4.90 Å². The first-order valence-corrected chi connectivity index (χ1v) is 7.66. The van der Waals surface area contributed by atoms with Crippen LogP contribution in [0.1, 0.15) is 37.4 Å². The fourth-order valence-electron chi connectivity index (χ4n) is 3.08. The molecule has 2 rings (SSSR count). The maximum atomic E-state index is 13.3. The Labute approximate surface area is 152 Å². The van der Waals surface area contributed by atoms with Gasteiger partial charge in [-0.1, -0.05) is 26.3 Å². The fourth-order valence-corrected chi connectivity index (χ4v) is 3.08. The molecule has 0 spiro atoms. The van der Waals surface area contributed by atoms with E-state index in [4.69, 9.17) is 0 Å². The third-order valence-electron chi connectivity index (χ3n) is 4.37. The monoisotopic (exact) mass is 390 g/mol. The smallest absolute Gasteiger partial charge is 0.314 e. The highest BCUT2D eigenvalue weighted by Crippen LogP contribution is 2.40. The van der Waals surface area contributed by atoms with E-state index >= 15 is 0 Å². The van der Waals surface area contributed by atoms with E-state index in [-0.39, 0.29) is 42.3 Å². The van der Waals surface area contributed by atoms with Crippen molar-refractivity contribution in [3.63, 3.8) is 0 Å². The van der Waals surface area contributed by atoms with Gasteiger partial charge in [-0.25, -0.2) is 4.39 Å². The number of nitrogens with zero attached hydrogens (tertiary/aromatic N) is 1. The molecule has 1 aromatic rings. The average Bonchev–Trinajstić information content (AvgIpc) is 2.48. The lowest BCUT2D eigenvalue weighted by molar-refractivity contribution is -0.139. The van der Waals surface area contributed by atoms with Gasteiger partial charge in [0.25, 0.3) is 0 Å². The second-order valence-corrected chi connectivity index (χ2v) is 5.85. The molecule has 0 bridgehead atoms. The van der Waals surface area contributed by atoms with Crippen LogP contribution in [-0.4, -0.2) is 31.1 Å². The van der Waals surface area contributed by atoms with Gasteiger partial charge >= 0.3 is 6.18 Å². The highest BCUT2D eigenvalue weighted by Gasteiger charge is 2.38. The van der Waals surface area contributed by atoms with Gasteiger partial charge in [0.2, 0.25) is 0 Å². The topological polar surface area (TPSA) is 15.3 Å². The van der Waals surface area contributed by atoms with Crippen molar-refractivity contribution in [3.05, 3.63) is 35.1 Å². The zero-order chi connectivity index (χ0) is 16.3. The van der Waals surface area contributed by atoms with E-state index in [1.165, 1.54) is 6.07 Å². The van der Waals surface area contributed by atoms with Crippen LogP contribution >= 0.6 is 24.8 Å². The Hall–Kier alpha value is -0.560. The largest absolute Gasteiger partial charge is 0.416 e. The average molecular weight is 391 g/mol. The summed E-state index contributed by atoms with van der Waals surface area (Å²) < 4.78 is 53.3. The lowest BCUT2D eigenvalue weighted by Gasteiger charge is -2.39. The molecule has 1 saturated heterocycles. The number of rotatable bonds is 4. The molecule has 1 heterocycles. The SMILES string of the molecule is CCC(C)[C@@H](c1ccc(F)cc1C(F)(F)F)N1CCNCC1.Cl.Cl. The Morgan fingerprint density at radius 2 is 1.75 bits per heavy atom. The number of nitrogens with one attached hydrogen (secondary N) is 1. The van der Waals surface area contributed by atoms with Gasteiger partial charge in [-0.05, 0) is 23.6 Å². The molecule has 0 aliphatic carbocycles. The van der Waals surface area contributed by atoms with Crippen LogP contribution in [0.4, 0.5) is 17.6 Å². The Bertz CT molecular complexity index is 505. The summed E-state index contributed by atoms with van der Waals surface area (Å²) in [5.41, 5.74) is -0.665. The van der Waals surface area contributed by atoms with E-state index in [0.717, 1.165) is 25.6 Å². The summed E-state index contributed by atoms with van der Waals surface area (Å²) in [5.74, 6) is -0.788. The summed E-state index contributed by atoms with van der Waals surface area (Å²) in [6.45, 7) is 6.84. The van der Waals surface area contributed by atoms with Crippen LogP contribution in [0.5, 0.6) is 0 Å². The Morgan fingerprint density at radius 1 is 1.17 bits per heavy atom. The first-order valence-electron chi connectivity index (χ1n) is 7.66. The number of piperazine rings is 1. The lowest BCUT2D eigenvalue weighted by atomic mass is 9.87. The van der Waals surface area contributed by atoms with Crippen molar-refractivity contribution in [1.82, 2.24) is 10.2 Å². The highest BCUT2D eigenvalue weighted by atomic mass is 35.5. The van der Waals surface area contributed by atoms with Crippen LogP contribution in [0.2, 0.25) is 0 Å². The summed E-state index contributed by atoms with van der Waals surface area (Å²) in [7, 11) is 0. The molecule has 1 aliphatic heterocycles. The van der Waals surface area contributed by atoms with Gasteiger partial charge in [0.1, 0.15) is 5.82 Å². The van der Waals surface area contributed by atoms with Gasteiger partial charge in [-0.2, -0.15) is 13.2 Å². The third-order valence-corrected chi connectivity index (χ3v) is 4.37. The van der Waals surface area contributed by atoms with Crippen LogP contribution < -0.4 is 5.32 Å². The minimum absolute atomic E-state index is 0. The number of alkyl halides is 3. The zero-order valence-corrected chi connectivity index (χ0v) is 15.3. The molecule has 24 heavy (non-hydrogen) atoms. The maximum Gasteiger partial charge on any atom is 0.416 e. The van der Waals surface area contributed by atoms with Gasteiger partial charge < -0.3 is 5.32 Å². The molecule has 0 aromatic heterocycles. The Morgan fingerprint density at radius 3 is 2.25 bits per heavy atom. The first-order chi connectivity index (χ1) is 10.3. The quantitative estimate of drug-likeness (QED) is 0.750. The van der Waals surface area contributed by atoms with Crippen molar-refractivity contribution in [2.75, 3.05) is 26.2 Å². The van der Waals surface area contributed by atoms with Crippen molar-refractivity contribution in [2.24, 2.45) is 5.92 Å². The molecule has 1 unspecified atom stereocenters. The third kappa shape index (κ3) is 5.48. The summed E-state index contributed by atoms with van der Waals surface area (Å²) in [6.07, 6.45) is -3.78. The molecule has 140 valence electrons. The summed E-state index contributed by atoms with van der Waals surface area (Å²) >= 11 is 0. The van der Waals surface area contributed by atoms with Crippen molar-refractivity contribution in [2.45, 2.75) is 32.5 Å². The van der Waals surface area contributed by atoms with Gasteiger partial charge in [-0.15, -0.1) is 24.8 Å². The second-order valence-electron chi connectivity index (χ2n) is 5.85. The van der Waals surface area contributed by atoms with E-state index in [2.05, 4.69) is 10.2 Å². The predicted octanol–water partition coefficient (Wildman–Crippen LogP) is 4.68. The number of hydrogen-bond acceptors (Lipinski definition) is 2. The summed E-state index contributed by atoms with van der Waals surface area (Å²) in [4.78, 5) is 2.08. The molecule has 1 fully saturated rings.